The molecule has 0 radical (unpaired) electrons. The number of nitrogens with zero attached hydrogens (tertiary/aromatic N) is 1. The number of ether oxygens (including phenoxy) is 1. The van der Waals surface area contributed by atoms with Crippen molar-refractivity contribution in [1.82, 2.24) is 0 Å². The lowest BCUT2D eigenvalue weighted by Gasteiger charge is -2.32. The van der Waals surface area contributed by atoms with Gasteiger partial charge in [0, 0.05) is 24.2 Å². The van der Waals surface area contributed by atoms with Gasteiger partial charge in [0.1, 0.15) is 5.75 Å². The van der Waals surface area contributed by atoms with E-state index in [1.807, 2.05) is 54.3 Å². The third-order valence-corrected chi connectivity index (χ3v) is 4.52. The van der Waals surface area contributed by atoms with Crippen molar-refractivity contribution in [1.29, 1.82) is 0 Å². The molecule has 1 aliphatic heterocycles. The minimum absolute atomic E-state index is 0.0924. The van der Waals surface area contributed by atoms with E-state index in [-0.39, 0.29) is 5.91 Å². The van der Waals surface area contributed by atoms with E-state index in [0.717, 1.165) is 28.1 Å². The van der Waals surface area contributed by atoms with Gasteiger partial charge in [-0.1, -0.05) is 29.8 Å². The minimum atomic E-state index is -0.484. The third kappa shape index (κ3) is 3.44. The van der Waals surface area contributed by atoms with E-state index < -0.39 is 6.10 Å². The molecule has 1 atom stereocenters. The number of aliphatic hydroxyl groups excluding tert-OH is 1. The number of carbonyl (C=O) groups excluding carboxylic acids is 1. The third-order valence-electron chi connectivity index (χ3n) is 4.52. The summed E-state index contributed by atoms with van der Waals surface area (Å²) in [5.41, 5.74) is 3.88. The Labute approximate surface area is 142 Å². The molecular formula is C20H23NO3. The second-order valence-electron chi connectivity index (χ2n) is 6.26. The van der Waals surface area contributed by atoms with Crippen LogP contribution >= 0.6 is 0 Å². The number of aliphatic hydroxyl groups is 1. The van der Waals surface area contributed by atoms with Crippen molar-refractivity contribution in [2.75, 3.05) is 18.6 Å². The highest BCUT2D eigenvalue weighted by molar-refractivity contribution is 5.94. The maximum Gasteiger partial charge on any atom is 0.227 e. The summed E-state index contributed by atoms with van der Waals surface area (Å²) in [6, 6.07) is 13.7. The van der Waals surface area contributed by atoms with Gasteiger partial charge in [-0.3, -0.25) is 4.79 Å². The average Bonchev–Trinajstić information content (AvgIpc) is 2.60. The zero-order valence-corrected chi connectivity index (χ0v) is 14.2. The molecule has 3 rings (SSSR count). The van der Waals surface area contributed by atoms with E-state index in [9.17, 15) is 9.90 Å². The Bertz CT molecular complexity index is 741. The maximum absolute atomic E-state index is 12.7. The van der Waals surface area contributed by atoms with E-state index in [2.05, 4.69) is 0 Å². The van der Waals surface area contributed by atoms with Gasteiger partial charge < -0.3 is 14.7 Å². The van der Waals surface area contributed by atoms with Crippen molar-refractivity contribution in [2.45, 2.75) is 32.3 Å². The first-order chi connectivity index (χ1) is 11.6. The fourth-order valence-electron chi connectivity index (χ4n) is 3.19. The predicted molar refractivity (Wildman–Crippen MR) is 94.4 cm³/mol. The Balaban J connectivity index is 1.73. The van der Waals surface area contributed by atoms with Gasteiger partial charge >= 0.3 is 0 Å². The number of rotatable bonds is 4. The van der Waals surface area contributed by atoms with Crippen LogP contribution in [0.25, 0.3) is 0 Å². The molecule has 4 heteroatoms. The molecule has 2 aromatic rings. The lowest BCUT2D eigenvalue weighted by molar-refractivity contribution is -0.118. The molecule has 0 bridgehead atoms. The van der Waals surface area contributed by atoms with Crippen molar-refractivity contribution in [2.24, 2.45) is 0 Å². The van der Waals surface area contributed by atoms with Crippen LogP contribution in [-0.2, 0) is 11.2 Å². The summed E-state index contributed by atoms with van der Waals surface area (Å²) in [6.45, 7) is 2.56. The number of hydrogen-bond acceptors (Lipinski definition) is 3. The second-order valence-corrected chi connectivity index (χ2v) is 6.26. The van der Waals surface area contributed by atoms with Gasteiger partial charge in [-0.05, 0) is 43.5 Å². The number of aryl methyl sites for hydroxylation is 2. The fraction of sp³-hybridized carbons (Fsp3) is 0.350. The Morgan fingerprint density at radius 1 is 1.29 bits per heavy atom. The van der Waals surface area contributed by atoms with Gasteiger partial charge in [-0.25, -0.2) is 0 Å². The lowest BCUT2D eigenvalue weighted by Crippen LogP contribution is -2.36. The minimum Gasteiger partial charge on any atom is -0.497 e. The molecule has 1 unspecified atom stereocenters. The van der Waals surface area contributed by atoms with Gasteiger partial charge in [-0.2, -0.15) is 0 Å². The number of hydrogen-bond donors (Lipinski definition) is 1. The highest BCUT2D eigenvalue weighted by Gasteiger charge is 2.27. The maximum atomic E-state index is 12.7. The van der Waals surface area contributed by atoms with Crippen LogP contribution in [0.15, 0.2) is 42.5 Å². The number of fused-ring (bicyclic) bond motifs is 1. The van der Waals surface area contributed by atoms with E-state index in [0.29, 0.717) is 25.8 Å². The molecule has 0 spiro atoms. The summed E-state index contributed by atoms with van der Waals surface area (Å²) in [5, 5.41) is 10.2. The Morgan fingerprint density at radius 3 is 2.92 bits per heavy atom. The van der Waals surface area contributed by atoms with Crippen LogP contribution in [0, 0.1) is 6.92 Å². The van der Waals surface area contributed by atoms with Gasteiger partial charge in [0.25, 0.3) is 0 Å². The van der Waals surface area contributed by atoms with Gasteiger partial charge in [-0.15, -0.1) is 0 Å². The van der Waals surface area contributed by atoms with Crippen LogP contribution in [0.1, 0.15) is 35.6 Å². The number of amides is 1. The quantitative estimate of drug-likeness (QED) is 0.937. The van der Waals surface area contributed by atoms with E-state index in [1.165, 1.54) is 0 Å². The molecule has 0 saturated carbocycles. The molecule has 1 amide bonds. The Hall–Kier alpha value is -2.33. The van der Waals surface area contributed by atoms with E-state index in [4.69, 9.17) is 4.74 Å². The second kappa shape index (κ2) is 7.05. The molecule has 0 fully saturated rings. The number of benzene rings is 2. The van der Waals surface area contributed by atoms with Crippen molar-refractivity contribution in [3.8, 4) is 5.75 Å². The summed E-state index contributed by atoms with van der Waals surface area (Å²) in [4.78, 5) is 14.5. The van der Waals surface area contributed by atoms with E-state index >= 15 is 0 Å². The SMILES string of the molecule is COc1cccc(CCC(=O)N2CCC(O)c3cc(C)ccc32)c1. The summed E-state index contributed by atoms with van der Waals surface area (Å²) in [5.74, 6) is 0.900. The van der Waals surface area contributed by atoms with Crippen LogP contribution in [0.2, 0.25) is 0 Å². The zero-order valence-electron chi connectivity index (χ0n) is 14.2. The van der Waals surface area contributed by atoms with Gasteiger partial charge in [0.2, 0.25) is 5.91 Å². The number of carbonyl (C=O) groups is 1. The summed E-state index contributed by atoms with van der Waals surface area (Å²) in [7, 11) is 1.64. The smallest absolute Gasteiger partial charge is 0.227 e. The van der Waals surface area contributed by atoms with Crippen LogP contribution in [0.5, 0.6) is 5.75 Å². The number of anilines is 1. The first-order valence-electron chi connectivity index (χ1n) is 8.30. The summed E-state index contributed by atoms with van der Waals surface area (Å²) >= 11 is 0. The van der Waals surface area contributed by atoms with Gasteiger partial charge in [0.05, 0.1) is 13.2 Å². The normalized spacial score (nSPS) is 16.6. The van der Waals surface area contributed by atoms with Crippen molar-refractivity contribution in [3.05, 3.63) is 59.2 Å². The zero-order chi connectivity index (χ0) is 17.1. The van der Waals surface area contributed by atoms with Crippen molar-refractivity contribution < 1.29 is 14.6 Å². The molecular weight excluding hydrogens is 302 g/mol. The summed E-state index contributed by atoms with van der Waals surface area (Å²) in [6.07, 6.45) is 1.22. The van der Waals surface area contributed by atoms with E-state index in [1.54, 1.807) is 7.11 Å². The molecule has 1 aliphatic rings. The standard InChI is InChI=1S/C20H23NO3/c1-14-6-8-18-17(12-14)19(22)10-11-21(18)20(23)9-7-15-4-3-5-16(13-15)24-2/h3-6,8,12-13,19,22H,7,9-11H2,1-2H3. The molecule has 4 nitrogen and oxygen atoms in total. The van der Waals surface area contributed by atoms with Crippen molar-refractivity contribution >= 4 is 11.6 Å². The highest BCUT2D eigenvalue weighted by Crippen LogP contribution is 2.34. The molecule has 126 valence electrons. The van der Waals surface area contributed by atoms with Crippen molar-refractivity contribution in [3.63, 3.8) is 0 Å². The largest absolute Gasteiger partial charge is 0.497 e. The average molecular weight is 325 g/mol. The Kier molecular flexibility index (Phi) is 4.86. The lowest BCUT2D eigenvalue weighted by atomic mass is 9.96. The monoisotopic (exact) mass is 325 g/mol. The van der Waals surface area contributed by atoms with Crippen LogP contribution in [-0.4, -0.2) is 24.7 Å². The number of methoxy groups -OCH3 is 1. The topological polar surface area (TPSA) is 49.8 Å². The van der Waals surface area contributed by atoms with Crippen LogP contribution in [0.3, 0.4) is 0 Å². The molecule has 1 N–H and O–H groups in total. The molecule has 0 aromatic heterocycles. The van der Waals surface area contributed by atoms with Crippen LogP contribution in [0.4, 0.5) is 5.69 Å². The molecule has 0 saturated heterocycles. The predicted octanol–water partition coefficient (Wildman–Crippen LogP) is 3.41. The fourth-order valence-corrected chi connectivity index (χ4v) is 3.19. The summed E-state index contributed by atoms with van der Waals surface area (Å²) < 4.78 is 5.22. The molecule has 1 heterocycles. The molecule has 24 heavy (non-hydrogen) atoms. The van der Waals surface area contributed by atoms with Gasteiger partial charge in [0.15, 0.2) is 0 Å². The molecule has 2 aromatic carbocycles. The Morgan fingerprint density at radius 2 is 2.12 bits per heavy atom. The molecule has 0 aliphatic carbocycles. The first kappa shape index (κ1) is 16.5. The highest BCUT2D eigenvalue weighted by atomic mass is 16.5. The first-order valence-corrected chi connectivity index (χ1v) is 8.30. The van der Waals surface area contributed by atoms with Crippen LogP contribution < -0.4 is 9.64 Å².